The lowest BCUT2D eigenvalue weighted by Gasteiger charge is -2.49. The first kappa shape index (κ1) is 78.4. The van der Waals surface area contributed by atoms with E-state index in [1.165, 1.54) is 32.8 Å². The maximum absolute atomic E-state index is 14.6. The van der Waals surface area contributed by atoms with E-state index in [4.69, 9.17) is 18.9 Å². The van der Waals surface area contributed by atoms with Crippen LogP contribution < -0.4 is 18.9 Å². The molecule has 18 heterocycles. The van der Waals surface area contributed by atoms with E-state index < -0.39 is 5.82 Å². The van der Waals surface area contributed by atoms with Crippen LogP contribution in [0.2, 0.25) is 0 Å². The fourth-order valence-corrected chi connectivity index (χ4v) is 18.1. The molecule has 4 saturated carbocycles. The third kappa shape index (κ3) is 17.2. The van der Waals surface area contributed by atoms with Crippen LogP contribution in [0.3, 0.4) is 0 Å². The van der Waals surface area contributed by atoms with Gasteiger partial charge >= 0.3 is 0 Å². The van der Waals surface area contributed by atoms with Crippen LogP contribution in [0.5, 0.6) is 23.5 Å². The number of halogens is 1. The predicted octanol–water partition coefficient (Wildman–Crippen LogP) is 11.7. The molecule has 12 aliphatic rings. The topological polar surface area (TPSA) is 318 Å². The fourth-order valence-electron chi connectivity index (χ4n) is 18.1. The van der Waals surface area contributed by atoms with Crippen molar-refractivity contribution in [3.05, 3.63) is 251 Å². The van der Waals surface area contributed by atoms with Gasteiger partial charge in [-0.25, -0.2) is 34.3 Å². The minimum Gasteiger partial charge on any atom is -0.472 e. The van der Waals surface area contributed by atoms with E-state index in [1.807, 2.05) is 158 Å². The number of para-hydroxylation sites is 2. The van der Waals surface area contributed by atoms with Gasteiger partial charge in [-0.1, -0.05) is 42.5 Å². The van der Waals surface area contributed by atoms with E-state index in [1.54, 1.807) is 74.1 Å². The summed E-state index contributed by atoms with van der Waals surface area (Å²) in [6.45, 7) is 14.7. The Morgan fingerprint density at radius 1 is 0.345 bits per heavy atom. The number of carbonyl (C=O) groups excluding carboxylic acids is 4. The second kappa shape index (κ2) is 34.6. The molecule has 610 valence electrons. The number of fused-ring (bicyclic) bond motifs is 12. The lowest BCUT2D eigenvalue weighted by atomic mass is 9.77. The van der Waals surface area contributed by atoms with E-state index in [0.717, 1.165) is 135 Å². The largest absolute Gasteiger partial charge is 0.472 e. The van der Waals surface area contributed by atoms with Crippen molar-refractivity contribution in [3.63, 3.8) is 0 Å². The molecule has 10 aromatic heterocycles. The molecule has 8 aliphatic heterocycles. The highest BCUT2D eigenvalue weighted by molar-refractivity contribution is 6.00. The zero-order valence-electron chi connectivity index (χ0n) is 67.1. The molecule has 12 aromatic rings. The molecule has 12 fully saturated rings. The van der Waals surface area contributed by atoms with Crippen LogP contribution in [0.4, 0.5) is 4.39 Å². The molecule has 12 unspecified atom stereocenters. The molecule has 119 heavy (non-hydrogen) atoms. The van der Waals surface area contributed by atoms with Crippen LogP contribution in [-0.4, -0.2) is 208 Å². The van der Waals surface area contributed by atoms with Crippen molar-refractivity contribution in [2.45, 2.75) is 167 Å². The van der Waals surface area contributed by atoms with Gasteiger partial charge in [0, 0.05) is 87.1 Å². The number of rotatable bonds is 16. The molecule has 4 amide bonds. The second-order valence-electron chi connectivity index (χ2n) is 32.3. The van der Waals surface area contributed by atoms with Gasteiger partial charge in [0.2, 0.25) is 23.5 Å². The number of nitrogens with zero attached hydrogens (tertiary/aromatic N) is 22. The number of amides is 4. The van der Waals surface area contributed by atoms with Crippen LogP contribution in [0.1, 0.15) is 152 Å². The zero-order valence-corrected chi connectivity index (χ0v) is 67.1. The molecular weight excluding hydrogens is 1510 g/mol. The molecule has 4 aliphatic carbocycles. The molecule has 0 radical (unpaired) electrons. The Kier molecular flexibility index (Phi) is 22.8. The van der Waals surface area contributed by atoms with Gasteiger partial charge in [0.25, 0.3) is 23.6 Å². The minimum atomic E-state index is -0.532. The Morgan fingerprint density at radius 2 is 0.706 bits per heavy atom. The molecule has 0 N–H and O–H groups in total. The van der Waals surface area contributed by atoms with Gasteiger partial charge in [0.15, 0.2) is 17.3 Å². The van der Waals surface area contributed by atoms with Crippen molar-refractivity contribution < 1.29 is 42.5 Å². The van der Waals surface area contributed by atoms with Crippen LogP contribution >= 0.6 is 0 Å². The molecule has 2 aromatic carbocycles. The summed E-state index contributed by atoms with van der Waals surface area (Å²) < 4.78 is 39.5. The Bertz CT molecular complexity index is 5220. The van der Waals surface area contributed by atoms with Crippen molar-refractivity contribution >= 4 is 23.6 Å². The summed E-state index contributed by atoms with van der Waals surface area (Å²) in [5.41, 5.74) is 9.19. The van der Waals surface area contributed by atoms with Gasteiger partial charge < -0.3 is 38.5 Å². The van der Waals surface area contributed by atoms with Gasteiger partial charge in [0.05, 0.1) is 96.1 Å². The maximum Gasteiger partial charge on any atom is 0.275 e. The molecule has 24 rings (SSSR count). The number of carbonyl (C=O) groups is 4. The number of ether oxygens (including phenoxy) is 4. The van der Waals surface area contributed by atoms with E-state index in [2.05, 4.69) is 70.7 Å². The normalized spacial score (nSPS) is 22.9. The first-order chi connectivity index (χ1) is 57.9. The first-order valence-corrected chi connectivity index (χ1v) is 40.9. The molecule has 0 spiro atoms. The van der Waals surface area contributed by atoms with Crippen molar-refractivity contribution in [2.24, 2.45) is 23.7 Å². The summed E-state index contributed by atoms with van der Waals surface area (Å²) in [4.78, 5) is 94.1. The lowest BCUT2D eigenvalue weighted by Crippen LogP contribution is -2.59. The van der Waals surface area contributed by atoms with E-state index >= 15 is 0 Å². The van der Waals surface area contributed by atoms with Crippen LogP contribution in [-0.2, 0) is 0 Å². The number of hydrogen-bond acceptors (Lipinski definition) is 22. The van der Waals surface area contributed by atoms with Crippen LogP contribution in [0.15, 0.2) is 190 Å². The van der Waals surface area contributed by atoms with E-state index in [0.29, 0.717) is 87.7 Å². The zero-order chi connectivity index (χ0) is 81.8. The van der Waals surface area contributed by atoms with Crippen molar-refractivity contribution in [1.82, 2.24) is 109 Å². The smallest absolute Gasteiger partial charge is 0.275 e. The summed E-state index contributed by atoms with van der Waals surface area (Å²) in [7, 11) is 0. The van der Waals surface area contributed by atoms with Gasteiger partial charge in [-0.3, -0.25) is 19.2 Å². The SMILES string of the molecule is Cc1ccc(OC2CC3CCC2N(C(=O)c2cc(C)cnc2-n2nccn2)C3)nc1.Cc1ccc(OC2CC3CCC2N(C(=O)c2cccc(F)c2-n2nccn2)C3)nc1.Cc1ccc(OC2CC3CCC2N(C(=O)c2ccccc2-n2nccn2)C3)nc1.Cc1ccc(OC2CC3CCC2N(C(=O)c2nc(C)ccc2-n2nccn2)C3)nc1. The number of benzene rings is 2. The number of aromatic nitrogens is 18. The number of hydrogen-bond donors (Lipinski definition) is 0. The molecular formula is C88H93FN22O8. The number of aryl methyl sites for hydroxylation is 6. The highest BCUT2D eigenvalue weighted by atomic mass is 19.1. The first-order valence-electron chi connectivity index (χ1n) is 40.9. The Morgan fingerprint density at radius 3 is 1.12 bits per heavy atom. The molecule has 12 atom stereocenters. The van der Waals surface area contributed by atoms with Crippen LogP contribution in [0, 0.1) is 71.0 Å². The molecule has 8 bridgehead atoms. The van der Waals surface area contributed by atoms with Crippen molar-refractivity contribution in [1.29, 1.82) is 0 Å². The highest BCUT2D eigenvalue weighted by Gasteiger charge is 2.50. The van der Waals surface area contributed by atoms with Crippen molar-refractivity contribution in [2.75, 3.05) is 26.2 Å². The summed E-state index contributed by atoms with van der Waals surface area (Å²) in [6.07, 6.45) is 33.0. The van der Waals surface area contributed by atoms with Gasteiger partial charge in [0.1, 0.15) is 35.8 Å². The maximum atomic E-state index is 14.6. The Labute approximate surface area is 687 Å². The van der Waals surface area contributed by atoms with E-state index in [-0.39, 0.29) is 83.5 Å². The molecule has 8 saturated heterocycles. The fraction of sp³-hybridized carbons (Fsp3) is 0.386. The van der Waals surface area contributed by atoms with Crippen molar-refractivity contribution in [3.8, 4) is 46.4 Å². The minimum absolute atomic E-state index is 0.00588. The van der Waals surface area contributed by atoms with Gasteiger partial charge in [-0.15, -0.1) is 14.4 Å². The Balaban J connectivity index is 0.000000113. The average Bonchev–Trinajstić information content (AvgIpc) is 1.76. The average molecular weight is 1610 g/mol. The standard InChI is InChI=1S/C22H22FN5O2.2C22H24N6O2.C22H23N5O2/c1-14-5-8-20(24-12-14)30-19-11-15-6-7-18(19)27(13-15)22(29)16-3-2-4-17(23)21(16)28-25-9-10-26-28;1-14-3-8-20(23-12-14)30-19-11-16-5-7-17(19)27(13-16)22(29)21-18(6-4-15(2)26-21)28-24-9-10-25-28;1-14-3-6-20(23-11-14)30-19-10-16-4-5-18(19)27(13-16)22(29)17-9-15(2)12-24-21(17)28-25-7-8-26-28;1-15-6-9-21(23-13-15)29-20-12-16-7-8-19(20)26(14-16)22(28)17-4-2-3-5-18(17)27-24-10-11-25-27/h2-5,8-10,12,15,18-19H,6-7,11,13H2,1H3;3-4,6,8-10,12,16-17,19H,5,7,11,13H2,1-2H3;3,6-9,11-12,16,18-19H,4-5,10,13H2,1-2H3;2-6,9-11,13,16,19-20H,7-8,12,14H2,1H3. The lowest BCUT2D eigenvalue weighted by molar-refractivity contribution is -0.0316. The Hall–Kier alpha value is -13.1. The number of pyridine rings is 6. The monoisotopic (exact) mass is 1600 g/mol. The summed E-state index contributed by atoms with van der Waals surface area (Å²) in [5.74, 6) is 3.66. The predicted molar refractivity (Wildman–Crippen MR) is 433 cm³/mol. The third-order valence-corrected chi connectivity index (χ3v) is 23.8. The highest BCUT2D eigenvalue weighted by Crippen LogP contribution is 2.43. The molecule has 31 heteroatoms. The summed E-state index contributed by atoms with van der Waals surface area (Å²) >= 11 is 0. The molecule has 30 nitrogen and oxygen atoms in total. The summed E-state index contributed by atoms with van der Waals surface area (Å²) in [5, 5.41) is 33.2. The van der Waals surface area contributed by atoms with Crippen LogP contribution in [0.25, 0.3) is 22.9 Å². The quantitative estimate of drug-likeness (QED) is 0.0867. The number of piperidine rings is 8. The van der Waals surface area contributed by atoms with Gasteiger partial charge in [-0.2, -0.15) is 45.6 Å². The van der Waals surface area contributed by atoms with E-state index in [9.17, 15) is 23.6 Å². The van der Waals surface area contributed by atoms with Gasteiger partial charge in [-0.05, 0) is 213 Å². The summed E-state index contributed by atoms with van der Waals surface area (Å²) in [6, 6.07) is 33.1. The second-order valence-corrected chi connectivity index (χ2v) is 32.3. The third-order valence-electron chi connectivity index (χ3n) is 23.8.